The molecule has 0 aliphatic carbocycles. The highest BCUT2D eigenvalue weighted by Crippen LogP contribution is 2.09. The van der Waals surface area contributed by atoms with Gasteiger partial charge in [-0.15, -0.1) is 0 Å². The van der Waals surface area contributed by atoms with Gasteiger partial charge in [0.2, 0.25) is 5.82 Å². The van der Waals surface area contributed by atoms with E-state index in [9.17, 15) is 0 Å². The van der Waals surface area contributed by atoms with Gasteiger partial charge in [-0.2, -0.15) is 5.26 Å². The van der Waals surface area contributed by atoms with Crippen LogP contribution in [0.4, 0.5) is 0 Å². The molecule has 0 bridgehead atoms. The summed E-state index contributed by atoms with van der Waals surface area (Å²) in [4.78, 5) is 14.6. The Balaban J connectivity index is 2.43. The quantitative estimate of drug-likeness (QED) is 0.686. The van der Waals surface area contributed by atoms with Crippen molar-refractivity contribution in [2.45, 2.75) is 0 Å². The van der Waals surface area contributed by atoms with Gasteiger partial charge >= 0.3 is 0 Å². The number of nitrogens with one attached hydrogen (secondary N) is 1. The number of aromatic nitrogens is 4. The summed E-state index contributed by atoms with van der Waals surface area (Å²) < 4.78 is 0. The van der Waals surface area contributed by atoms with E-state index in [-0.39, 0.29) is 5.82 Å². The molecule has 5 nitrogen and oxygen atoms in total. The number of rotatable bonds is 1. The molecule has 1 N–H and O–H groups in total. The fourth-order valence-electron chi connectivity index (χ4n) is 0.930. The average Bonchev–Trinajstić information content (AvgIpc) is 2.67. The number of nitriles is 1. The lowest BCUT2D eigenvalue weighted by Gasteiger charge is -1.91. The van der Waals surface area contributed by atoms with E-state index in [1.54, 1.807) is 18.5 Å². The molecule has 0 fully saturated rings. The third-order valence-corrected chi connectivity index (χ3v) is 1.49. The molecule has 0 aliphatic rings. The van der Waals surface area contributed by atoms with Gasteiger partial charge in [0.25, 0.3) is 0 Å². The van der Waals surface area contributed by atoms with Gasteiger partial charge in [0.1, 0.15) is 11.8 Å². The van der Waals surface area contributed by atoms with Gasteiger partial charge in [-0.05, 0) is 6.07 Å². The van der Waals surface area contributed by atoms with E-state index >= 15 is 0 Å². The van der Waals surface area contributed by atoms with Crippen LogP contribution in [0.15, 0.2) is 24.7 Å². The topological polar surface area (TPSA) is 78.2 Å². The number of nitrogens with zero attached hydrogens (tertiary/aromatic N) is 4. The van der Waals surface area contributed by atoms with E-state index in [1.165, 1.54) is 6.20 Å². The van der Waals surface area contributed by atoms with E-state index < -0.39 is 0 Å². The zero-order valence-corrected chi connectivity index (χ0v) is 6.60. The number of imidazole rings is 1. The summed E-state index contributed by atoms with van der Waals surface area (Å²) in [6.07, 6.45) is 4.80. The molecule has 0 saturated heterocycles. The number of H-pyrrole nitrogens is 1. The lowest BCUT2D eigenvalue weighted by Crippen LogP contribution is -1.86. The predicted octanol–water partition coefficient (Wildman–Crippen LogP) is 0.738. The molecule has 0 amide bonds. The third kappa shape index (κ3) is 1.37. The van der Waals surface area contributed by atoms with Crippen LogP contribution in [0.5, 0.6) is 0 Å². The Morgan fingerprint density at radius 2 is 2.00 bits per heavy atom. The van der Waals surface area contributed by atoms with Crippen molar-refractivity contribution in [1.82, 2.24) is 19.9 Å². The molecule has 5 heteroatoms. The molecule has 0 radical (unpaired) electrons. The molecule has 2 rings (SSSR count). The van der Waals surface area contributed by atoms with Gasteiger partial charge in [0.05, 0.1) is 6.20 Å². The minimum atomic E-state index is 0.266. The normalized spacial score (nSPS) is 9.46. The second kappa shape index (κ2) is 3.03. The maximum atomic E-state index is 8.51. The lowest BCUT2D eigenvalue weighted by atomic mass is 10.4. The zero-order chi connectivity index (χ0) is 9.10. The zero-order valence-electron chi connectivity index (χ0n) is 6.60. The van der Waals surface area contributed by atoms with Gasteiger partial charge in [-0.25, -0.2) is 15.0 Å². The van der Waals surface area contributed by atoms with Crippen LogP contribution in [0.3, 0.4) is 0 Å². The van der Waals surface area contributed by atoms with Crippen LogP contribution >= 0.6 is 0 Å². The molecule has 0 aromatic carbocycles. The second-order valence-electron chi connectivity index (χ2n) is 2.33. The van der Waals surface area contributed by atoms with Crippen LogP contribution in [0.1, 0.15) is 5.82 Å². The van der Waals surface area contributed by atoms with Crippen LogP contribution in [-0.4, -0.2) is 19.9 Å². The average molecular weight is 171 g/mol. The van der Waals surface area contributed by atoms with Gasteiger partial charge < -0.3 is 4.98 Å². The van der Waals surface area contributed by atoms with Crippen LogP contribution < -0.4 is 0 Å². The second-order valence-corrected chi connectivity index (χ2v) is 2.33. The highest BCUT2D eigenvalue weighted by Gasteiger charge is 2.03. The molecule has 2 aromatic rings. The van der Waals surface area contributed by atoms with Gasteiger partial charge in [0, 0.05) is 12.4 Å². The Kier molecular flexibility index (Phi) is 1.73. The lowest BCUT2D eigenvalue weighted by molar-refractivity contribution is 1.15. The minimum absolute atomic E-state index is 0.266. The number of hydrogen-bond acceptors (Lipinski definition) is 4. The molecule has 0 atom stereocenters. The first-order valence-corrected chi connectivity index (χ1v) is 3.62. The van der Waals surface area contributed by atoms with Crippen molar-refractivity contribution in [3.8, 4) is 17.6 Å². The Morgan fingerprint density at radius 1 is 1.23 bits per heavy atom. The SMILES string of the molecule is N#Cc1ncc(-c2ncccn2)[nH]1. The van der Waals surface area contributed by atoms with Crippen molar-refractivity contribution in [3.63, 3.8) is 0 Å². The van der Waals surface area contributed by atoms with Crippen LogP contribution in [0.2, 0.25) is 0 Å². The first-order chi connectivity index (χ1) is 6.40. The molecule has 62 valence electrons. The Bertz CT molecular complexity index is 439. The molecule has 0 unspecified atom stereocenters. The van der Waals surface area contributed by atoms with Crippen molar-refractivity contribution in [1.29, 1.82) is 5.26 Å². The predicted molar refractivity (Wildman–Crippen MR) is 44.3 cm³/mol. The molecular formula is C8H5N5. The smallest absolute Gasteiger partial charge is 0.210 e. The molecule has 2 aromatic heterocycles. The third-order valence-electron chi connectivity index (χ3n) is 1.49. The summed E-state index contributed by atoms with van der Waals surface area (Å²) >= 11 is 0. The first kappa shape index (κ1) is 7.43. The molecule has 2 heterocycles. The summed E-state index contributed by atoms with van der Waals surface area (Å²) in [6, 6.07) is 3.62. The summed E-state index contributed by atoms with van der Waals surface area (Å²) in [7, 11) is 0. The van der Waals surface area contributed by atoms with E-state index in [2.05, 4.69) is 19.9 Å². The van der Waals surface area contributed by atoms with Crippen molar-refractivity contribution in [3.05, 3.63) is 30.5 Å². The summed E-state index contributed by atoms with van der Waals surface area (Å²) in [5.41, 5.74) is 0.650. The standard InChI is InChI=1S/C8H5N5/c9-4-7-12-5-6(13-7)8-10-2-1-3-11-8/h1-3,5H,(H,12,13). The van der Waals surface area contributed by atoms with Crippen molar-refractivity contribution in [2.24, 2.45) is 0 Å². The van der Waals surface area contributed by atoms with Gasteiger partial charge in [-0.1, -0.05) is 0 Å². The van der Waals surface area contributed by atoms with Crippen molar-refractivity contribution in [2.75, 3.05) is 0 Å². The highest BCUT2D eigenvalue weighted by atomic mass is 15.0. The number of hydrogen-bond donors (Lipinski definition) is 1. The van der Waals surface area contributed by atoms with Crippen LogP contribution in [0.25, 0.3) is 11.5 Å². The van der Waals surface area contributed by atoms with Crippen LogP contribution in [0, 0.1) is 11.3 Å². The van der Waals surface area contributed by atoms with Crippen LogP contribution in [-0.2, 0) is 0 Å². The Labute approximate surface area is 74.1 Å². The molecular weight excluding hydrogens is 166 g/mol. The molecule has 0 spiro atoms. The van der Waals surface area contributed by atoms with E-state index in [1.807, 2.05) is 6.07 Å². The molecule has 13 heavy (non-hydrogen) atoms. The molecule has 0 aliphatic heterocycles. The fraction of sp³-hybridized carbons (Fsp3) is 0. The minimum Gasteiger partial charge on any atom is -0.327 e. The Morgan fingerprint density at radius 3 is 2.62 bits per heavy atom. The maximum Gasteiger partial charge on any atom is 0.210 e. The fourth-order valence-corrected chi connectivity index (χ4v) is 0.930. The van der Waals surface area contributed by atoms with E-state index in [0.717, 1.165) is 0 Å². The van der Waals surface area contributed by atoms with E-state index in [4.69, 9.17) is 5.26 Å². The largest absolute Gasteiger partial charge is 0.327 e. The van der Waals surface area contributed by atoms with Crippen molar-refractivity contribution < 1.29 is 0 Å². The van der Waals surface area contributed by atoms with Gasteiger partial charge in [-0.3, -0.25) is 0 Å². The van der Waals surface area contributed by atoms with E-state index in [0.29, 0.717) is 11.5 Å². The monoisotopic (exact) mass is 171 g/mol. The van der Waals surface area contributed by atoms with Gasteiger partial charge in [0.15, 0.2) is 5.82 Å². The summed E-state index contributed by atoms with van der Waals surface area (Å²) in [6.45, 7) is 0. The maximum absolute atomic E-state index is 8.51. The Hall–Kier alpha value is -2.22. The van der Waals surface area contributed by atoms with Crippen molar-refractivity contribution >= 4 is 0 Å². The summed E-state index contributed by atoms with van der Waals surface area (Å²) in [5, 5.41) is 8.51. The first-order valence-electron chi connectivity index (χ1n) is 3.62. The summed E-state index contributed by atoms with van der Waals surface area (Å²) in [5.74, 6) is 0.805. The highest BCUT2D eigenvalue weighted by molar-refractivity contribution is 5.47. The number of aromatic amines is 1. The molecule has 0 saturated carbocycles.